The summed E-state index contributed by atoms with van der Waals surface area (Å²) in [6.45, 7) is 7.64. The van der Waals surface area contributed by atoms with Crippen molar-refractivity contribution in [1.29, 1.82) is 0 Å². The van der Waals surface area contributed by atoms with Gasteiger partial charge in [-0.2, -0.15) is 0 Å². The first kappa shape index (κ1) is 22.3. The van der Waals surface area contributed by atoms with Gasteiger partial charge >= 0.3 is 0 Å². The third kappa shape index (κ3) is 5.73. The SMILES string of the molecule is COc1ccc(C(C)NC(=O)C(NC(=O)c2ccc(C)cc2)C(C)C)c(OC)c1. The Morgan fingerprint density at radius 2 is 1.55 bits per heavy atom. The summed E-state index contributed by atoms with van der Waals surface area (Å²) < 4.78 is 10.6. The van der Waals surface area contributed by atoms with Crippen LogP contribution in [0.3, 0.4) is 0 Å². The predicted molar refractivity (Wildman–Crippen MR) is 113 cm³/mol. The molecule has 0 fully saturated rings. The van der Waals surface area contributed by atoms with Crippen molar-refractivity contribution >= 4 is 11.8 Å². The van der Waals surface area contributed by atoms with Crippen LogP contribution in [-0.4, -0.2) is 32.1 Å². The molecule has 29 heavy (non-hydrogen) atoms. The number of rotatable bonds is 8. The molecule has 2 rings (SSSR count). The number of ether oxygens (including phenoxy) is 2. The van der Waals surface area contributed by atoms with Crippen molar-refractivity contribution in [1.82, 2.24) is 10.6 Å². The van der Waals surface area contributed by atoms with Crippen LogP contribution < -0.4 is 20.1 Å². The Bertz CT molecular complexity index is 846. The van der Waals surface area contributed by atoms with Crippen LogP contribution in [0.1, 0.15) is 48.3 Å². The normalized spacial score (nSPS) is 12.8. The average molecular weight is 399 g/mol. The first-order valence-corrected chi connectivity index (χ1v) is 9.66. The van der Waals surface area contributed by atoms with Crippen molar-refractivity contribution in [3.8, 4) is 11.5 Å². The van der Waals surface area contributed by atoms with Gasteiger partial charge in [-0.15, -0.1) is 0 Å². The first-order valence-electron chi connectivity index (χ1n) is 9.66. The molecule has 0 saturated carbocycles. The number of nitrogens with one attached hydrogen (secondary N) is 2. The van der Waals surface area contributed by atoms with Gasteiger partial charge in [-0.05, 0) is 44.0 Å². The molecule has 156 valence electrons. The van der Waals surface area contributed by atoms with E-state index in [1.807, 2.05) is 52.0 Å². The van der Waals surface area contributed by atoms with Crippen LogP contribution in [0.5, 0.6) is 11.5 Å². The average Bonchev–Trinajstić information content (AvgIpc) is 2.71. The molecule has 0 bridgehead atoms. The maximum atomic E-state index is 12.9. The zero-order valence-electron chi connectivity index (χ0n) is 17.9. The van der Waals surface area contributed by atoms with E-state index in [9.17, 15) is 9.59 Å². The summed E-state index contributed by atoms with van der Waals surface area (Å²) >= 11 is 0. The van der Waals surface area contributed by atoms with E-state index in [4.69, 9.17) is 9.47 Å². The van der Waals surface area contributed by atoms with Crippen molar-refractivity contribution < 1.29 is 19.1 Å². The van der Waals surface area contributed by atoms with Crippen molar-refractivity contribution in [2.75, 3.05) is 14.2 Å². The molecule has 2 N–H and O–H groups in total. The second-order valence-electron chi connectivity index (χ2n) is 7.40. The summed E-state index contributed by atoms with van der Waals surface area (Å²) in [5.74, 6) is 0.713. The van der Waals surface area contributed by atoms with Crippen LogP contribution in [-0.2, 0) is 4.79 Å². The predicted octanol–water partition coefficient (Wildman–Crippen LogP) is 3.64. The Hall–Kier alpha value is -3.02. The molecule has 2 unspecified atom stereocenters. The van der Waals surface area contributed by atoms with E-state index >= 15 is 0 Å². The van der Waals surface area contributed by atoms with E-state index in [1.54, 1.807) is 32.4 Å². The van der Waals surface area contributed by atoms with E-state index < -0.39 is 6.04 Å². The molecule has 0 saturated heterocycles. The molecule has 2 aromatic carbocycles. The smallest absolute Gasteiger partial charge is 0.251 e. The molecular weight excluding hydrogens is 368 g/mol. The molecule has 0 aromatic heterocycles. The van der Waals surface area contributed by atoms with E-state index in [2.05, 4.69) is 10.6 Å². The number of methoxy groups -OCH3 is 2. The first-order chi connectivity index (χ1) is 13.8. The van der Waals surface area contributed by atoms with Gasteiger partial charge in [-0.1, -0.05) is 31.5 Å². The maximum Gasteiger partial charge on any atom is 0.251 e. The molecule has 2 atom stereocenters. The highest BCUT2D eigenvalue weighted by molar-refractivity contribution is 5.97. The highest BCUT2D eigenvalue weighted by Gasteiger charge is 2.26. The molecule has 0 radical (unpaired) electrons. The number of aryl methyl sites for hydroxylation is 1. The second kappa shape index (κ2) is 9.96. The largest absolute Gasteiger partial charge is 0.497 e. The minimum atomic E-state index is -0.657. The number of amides is 2. The molecule has 2 aromatic rings. The lowest BCUT2D eigenvalue weighted by Gasteiger charge is -2.25. The van der Waals surface area contributed by atoms with Crippen molar-refractivity contribution in [2.24, 2.45) is 5.92 Å². The number of benzene rings is 2. The zero-order valence-corrected chi connectivity index (χ0v) is 17.9. The molecular formula is C23H30N2O4. The van der Waals surface area contributed by atoms with E-state index in [0.29, 0.717) is 17.1 Å². The van der Waals surface area contributed by atoms with Crippen LogP contribution >= 0.6 is 0 Å². The van der Waals surface area contributed by atoms with Crippen molar-refractivity contribution in [3.63, 3.8) is 0 Å². The maximum absolute atomic E-state index is 12.9. The molecule has 2 amide bonds. The minimum absolute atomic E-state index is 0.0747. The number of hydrogen-bond acceptors (Lipinski definition) is 4. The van der Waals surface area contributed by atoms with Gasteiger partial charge in [-0.25, -0.2) is 0 Å². The van der Waals surface area contributed by atoms with Crippen LogP contribution in [0.25, 0.3) is 0 Å². The molecule has 0 spiro atoms. The van der Waals surface area contributed by atoms with Crippen LogP contribution in [0, 0.1) is 12.8 Å². The number of carbonyl (C=O) groups excluding carboxylic acids is 2. The minimum Gasteiger partial charge on any atom is -0.497 e. The lowest BCUT2D eigenvalue weighted by Crippen LogP contribution is -2.50. The molecule has 0 aliphatic heterocycles. The van der Waals surface area contributed by atoms with Gasteiger partial charge in [0.25, 0.3) is 5.91 Å². The van der Waals surface area contributed by atoms with Crippen LogP contribution in [0.4, 0.5) is 0 Å². The Morgan fingerprint density at radius 1 is 0.897 bits per heavy atom. The summed E-state index contributed by atoms with van der Waals surface area (Å²) in [5, 5.41) is 5.83. The fraction of sp³-hybridized carbons (Fsp3) is 0.391. The summed E-state index contributed by atoms with van der Waals surface area (Å²) in [4.78, 5) is 25.5. The zero-order chi connectivity index (χ0) is 21.6. The third-order valence-electron chi connectivity index (χ3n) is 4.82. The highest BCUT2D eigenvalue weighted by atomic mass is 16.5. The van der Waals surface area contributed by atoms with E-state index in [-0.39, 0.29) is 23.8 Å². The summed E-state index contributed by atoms with van der Waals surface area (Å²) in [7, 11) is 3.16. The molecule has 6 heteroatoms. The monoisotopic (exact) mass is 398 g/mol. The fourth-order valence-electron chi connectivity index (χ4n) is 3.02. The van der Waals surface area contributed by atoms with Gasteiger partial charge in [0, 0.05) is 17.2 Å². The van der Waals surface area contributed by atoms with Gasteiger partial charge in [-0.3, -0.25) is 9.59 Å². The quantitative estimate of drug-likeness (QED) is 0.712. The van der Waals surface area contributed by atoms with Crippen LogP contribution in [0.15, 0.2) is 42.5 Å². The summed E-state index contributed by atoms with van der Waals surface area (Å²) in [6.07, 6.45) is 0. The van der Waals surface area contributed by atoms with Gasteiger partial charge in [0.1, 0.15) is 17.5 Å². The molecule has 0 heterocycles. The lowest BCUT2D eigenvalue weighted by atomic mass is 10.0. The Labute approximate surface area is 172 Å². The fourth-order valence-corrected chi connectivity index (χ4v) is 3.02. The Balaban J connectivity index is 2.13. The van der Waals surface area contributed by atoms with Gasteiger partial charge in [0.15, 0.2) is 0 Å². The van der Waals surface area contributed by atoms with Gasteiger partial charge < -0.3 is 20.1 Å². The van der Waals surface area contributed by atoms with E-state index in [1.165, 1.54) is 0 Å². The summed E-state index contributed by atoms with van der Waals surface area (Å²) in [6, 6.07) is 11.7. The third-order valence-corrected chi connectivity index (χ3v) is 4.82. The molecule has 0 aliphatic carbocycles. The number of carbonyl (C=O) groups is 2. The Morgan fingerprint density at radius 3 is 2.10 bits per heavy atom. The summed E-state index contributed by atoms with van der Waals surface area (Å²) in [5.41, 5.74) is 2.43. The molecule has 0 aliphatic rings. The van der Waals surface area contributed by atoms with Crippen LogP contribution in [0.2, 0.25) is 0 Å². The standard InChI is InChI=1S/C23H30N2O4/c1-14(2)21(25-22(26)17-9-7-15(3)8-10-17)23(27)24-16(4)19-12-11-18(28-5)13-20(19)29-6/h7-14,16,21H,1-6H3,(H,24,27)(H,25,26). The highest BCUT2D eigenvalue weighted by Crippen LogP contribution is 2.29. The molecule has 6 nitrogen and oxygen atoms in total. The second-order valence-corrected chi connectivity index (χ2v) is 7.40. The lowest BCUT2D eigenvalue weighted by molar-refractivity contribution is -0.124. The van der Waals surface area contributed by atoms with Crippen molar-refractivity contribution in [2.45, 2.75) is 39.8 Å². The van der Waals surface area contributed by atoms with E-state index in [0.717, 1.165) is 11.1 Å². The van der Waals surface area contributed by atoms with Crippen molar-refractivity contribution in [3.05, 3.63) is 59.2 Å². The number of hydrogen-bond donors (Lipinski definition) is 2. The van der Waals surface area contributed by atoms with Gasteiger partial charge in [0.2, 0.25) is 5.91 Å². The topological polar surface area (TPSA) is 76.7 Å². The Kier molecular flexibility index (Phi) is 7.65. The van der Waals surface area contributed by atoms with Gasteiger partial charge in [0.05, 0.1) is 20.3 Å².